The number of carbonyl (C=O) groups is 1. The molecule has 0 fully saturated rings. The number of ketones is 1. The smallest absolute Gasteiger partial charge is 0.211 e. The first-order valence-electron chi connectivity index (χ1n) is 6.01. The predicted octanol–water partition coefficient (Wildman–Crippen LogP) is 2.94. The molecule has 0 bridgehead atoms. The van der Waals surface area contributed by atoms with Crippen molar-refractivity contribution in [1.29, 1.82) is 0 Å². The Morgan fingerprint density at radius 3 is 2.70 bits per heavy atom. The third-order valence-electron chi connectivity index (χ3n) is 2.68. The number of carbonyl (C=O) groups excluding carboxylic acids is 1. The van der Waals surface area contributed by atoms with Gasteiger partial charge in [0.1, 0.15) is 5.69 Å². The minimum Gasteiger partial charge on any atom is -0.287 e. The van der Waals surface area contributed by atoms with Gasteiger partial charge in [-0.05, 0) is 13.0 Å². The molecule has 0 spiro atoms. The summed E-state index contributed by atoms with van der Waals surface area (Å²) in [5, 5.41) is 2.62. The van der Waals surface area contributed by atoms with Crippen molar-refractivity contribution in [3.63, 3.8) is 0 Å². The summed E-state index contributed by atoms with van der Waals surface area (Å²) in [6.45, 7) is 1.91. The fraction of sp³-hybridized carbons (Fsp3) is 0.0667. The second-order valence-electron chi connectivity index (χ2n) is 4.20. The van der Waals surface area contributed by atoms with E-state index in [1.807, 2.05) is 30.5 Å². The molecular weight excluding hydrogens is 270 g/mol. The van der Waals surface area contributed by atoms with Gasteiger partial charge in [0.15, 0.2) is 10.8 Å². The molecule has 3 aromatic rings. The highest BCUT2D eigenvalue weighted by molar-refractivity contribution is 7.13. The summed E-state index contributed by atoms with van der Waals surface area (Å²) in [6, 6.07) is 10.5. The van der Waals surface area contributed by atoms with Crippen LogP contribution >= 0.6 is 11.3 Å². The standard InChI is InChI=1S/C15H10N3OS/c1-10-9-20-15(17-10)14-16-8-7-12(18-14)13(19)11-5-3-2-4-6-11/h2-7,9H,1H3. The number of nitrogens with zero attached hydrogens (tertiary/aromatic N) is 3. The lowest BCUT2D eigenvalue weighted by Gasteiger charge is -2.01. The molecule has 2 heterocycles. The Bertz CT molecular complexity index is 753. The zero-order valence-electron chi connectivity index (χ0n) is 10.7. The molecular formula is C15H10N3OS. The van der Waals surface area contributed by atoms with Crippen molar-refractivity contribution in [2.75, 3.05) is 0 Å². The predicted molar refractivity (Wildman–Crippen MR) is 76.6 cm³/mol. The molecule has 0 aliphatic heterocycles. The van der Waals surface area contributed by atoms with Crippen LogP contribution in [0.5, 0.6) is 0 Å². The Balaban J connectivity index is 1.98. The van der Waals surface area contributed by atoms with Gasteiger partial charge in [0.25, 0.3) is 0 Å². The Labute approximate surface area is 120 Å². The van der Waals surface area contributed by atoms with Crippen molar-refractivity contribution in [2.24, 2.45) is 0 Å². The van der Waals surface area contributed by atoms with E-state index in [0.29, 0.717) is 22.1 Å². The monoisotopic (exact) mass is 280 g/mol. The van der Waals surface area contributed by atoms with E-state index in [1.54, 1.807) is 12.1 Å². The average molecular weight is 280 g/mol. The van der Waals surface area contributed by atoms with E-state index in [-0.39, 0.29) is 5.78 Å². The van der Waals surface area contributed by atoms with Gasteiger partial charge in [-0.15, -0.1) is 11.3 Å². The fourth-order valence-corrected chi connectivity index (χ4v) is 2.46. The van der Waals surface area contributed by atoms with Crippen LogP contribution in [0.2, 0.25) is 0 Å². The fourth-order valence-electron chi connectivity index (χ4n) is 1.73. The van der Waals surface area contributed by atoms with Crippen LogP contribution in [-0.2, 0) is 0 Å². The highest BCUT2D eigenvalue weighted by atomic mass is 32.1. The van der Waals surface area contributed by atoms with Gasteiger partial charge in [-0.1, -0.05) is 30.3 Å². The van der Waals surface area contributed by atoms with E-state index in [4.69, 9.17) is 0 Å². The molecule has 0 atom stereocenters. The first kappa shape index (κ1) is 12.6. The van der Waals surface area contributed by atoms with Crippen molar-refractivity contribution in [1.82, 2.24) is 15.0 Å². The highest BCUT2D eigenvalue weighted by Crippen LogP contribution is 2.20. The maximum atomic E-state index is 12.3. The van der Waals surface area contributed by atoms with Crippen LogP contribution in [0.4, 0.5) is 0 Å². The van der Waals surface area contributed by atoms with Gasteiger partial charge in [0.2, 0.25) is 5.78 Å². The van der Waals surface area contributed by atoms with Crippen LogP contribution in [0, 0.1) is 13.1 Å². The molecule has 4 nitrogen and oxygen atoms in total. The summed E-state index contributed by atoms with van der Waals surface area (Å²) in [4.78, 5) is 25.0. The van der Waals surface area contributed by atoms with Crippen molar-refractivity contribution in [3.05, 3.63) is 64.9 Å². The van der Waals surface area contributed by atoms with E-state index < -0.39 is 0 Å². The molecule has 2 aromatic heterocycles. The third kappa shape index (κ3) is 2.48. The Morgan fingerprint density at radius 1 is 1.20 bits per heavy atom. The number of aryl methyl sites for hydroxylation is 1. The van der Waals surface area contributed by atoms with Crippen LogP contribution in [0.15, 0.2) is 41.8 Å². The summed E-state index contributed by atoms with van der Waals surface area (Å²) in [5.41, 5.74) is 1.84. The van der Waals surface area contributed by atoms with Crippen molar-refractivity contribution in [2.45, 2.75) is 6.92 Å². The number of aromatic nitrogens is 3. The molecule has 5 heteroatoms. The Kier molecular flexibility index (Phi) is 3.35. The first-order valence-corrected chi connectivity index (χ1v) is 6.89. The van der Waals surface area contributed by atoms with Gasteiger partial charge in [0.05, 0.1) is 6.20 Å². The lowest BCUT2D eigenvalue weighted by atomic mass is 10.1. The van der Waals surface area contributed by atoms with Crippen LogP contribution in [0.25, 0.3) is 10.8 Å². The second-order valence-corrected chi connectivity index (χ2v) is 5.05. The molecule has 0 aliphatic carbocycles. The Morgan fingerprint density at radius 2 is 2.00 bits per heavy atom. The van der Waals surface area contributed by atoms with E-state index in [2.05, 4.69) is 21.1 Å². The molecule has 0 saturated carbocycles. The molecule has 0 amide bonds. The van der Waals surface area contributed by atoms with Crippen molar-refractivity contribution < 1.29 is 4.79 Å². The zero-order chi connectivity index (χ0) is 13.9. The summed E-state index contributed by atoms with van der Waals surface area (Å²) in [6.07, 6.45) is 2.72. The van der Waals surface area contributed by atoms with Crippen LogP contribution in [-0.4, -0.2) is 20.7 Å². The number of hydrogen-bond acceptors (Lipinski definition) is 5. The molecule has 0 saturated heterocycles. The molecule has 20 heavy (non-hydrogen) atoms. The van der Waals surface area contributed by atoms with E-state index in [1.165, 1.54) is 17.4 Å². The molecule has 97 valence electrons. The largest absolute Gasteiger partial charge is 0.287 e. The molecule has 1 aromatic carbocycles. The molecule has 0 N–H and O–H groups in total. The summed E-state index contributed by atoms with van der Waals surface area (Å²) < 4.78 is 0. The SMILES string of the molecule is Cc1csc(-c2n[c]cc(C(=O)c3ccccc3)n2)n1. The number of hydrogen-bond donors (Lipinski definition) is 0. The van der Waals surface area contributed by atoms with Crippen LogP contribution in [0.3, 0.4) is 0 Å². The quantitative estimate of drug-likeness (QED) is 0.692. The van der Waals surface area contributed by atoms with Crippen molar-refractivity contribution in [3.8, 4) is 10.8 Å². The molecule has 0 unspecified atom stereocenters. The minimum absolute atomic E-state index is 0.140. The zero-order valence-corrected chi connectivity index (χ0v) is 11.5. The summed E-state index contributed by atoms with van der Waals surface area (Å²) >= 11 is 1.45. The summed E-state index contributed by atoms with van der Waals surface area (Å²) in [7, 11) is 0. The number of benzene rings is 1. The summed E-state index contributed by atoms with van der Waals surface area (Å²) in [5.74, 6) is 0.295. The van der Waals surface area contributed by atoms with Gasteiger partial charge in [-0.25, -0.2) is 15.0 Å². The van der Waals surface area contributed by atoms with Crippen LogP contribution in [0.1, 0.15) is 21.7 Å². The topological polar surface area (TPSA) is 55.7 Å². The number of thiazole rings is 1. The normalized spacial score (nSPS) is 10.4. The van der Waals surface area contributed by atoms with E-state index in [0.717, 1.165) is 5.69 Å². The molecule has 0 aliphatic rings. The third-order valence-corrected chi connectivity index (χ3v) is 3.63. The van der Waals surface area contributed by atoms with Gasteiger partial charge in [-0.2, -0.15) is 0 Å². The second kappa shape index (κ2) is 5.30. The van der Waals surface area contributed by atoms with Gasteiger partial charge in [0, 0.05) is 16.6 Å². The van der Waals surface area contributed by atoms with Gasteiger partial charge < -0.3 is 0 Å². The maximum Gasteiger partial charge on any atom is 0.211 e. The Hall–Kier alpha value is -2.40. The lowest BCUT2D eigenvalue weighted by molar-refractivity contribution is 0.103. The minimum atomic E-state index is -0.140. The van der Waals surface area contributed by atoms with Crippen molar-refractivity contribution >= 4 is 17.1 Å². The van der Waals surface area contributed by atoms with E-state index >= 15 is 0 Å². The van der Waals surface area contributed by atoms with E-state index in [9.17, 15) is 4.79 Å². The average Bonchev–Trinajstić information content (AvgIpc) is 2.94. The van der Waals surface area contributed by atoms with Gasteiger partial charge in [-0.3, -0.25) is 4.79 Å². The highest BCUT2D eigenvalue weighted by Gasteiger charge is 2.13. The number of rotatable bonds is 3. The lowest BCUT2D eigenvalue weighted by Crippen LogP contribution is -2.05. The molecule has 1 radical (unpaired) electrons. The molecule has 3 rings (SSSR count). The first-order chi connectivity index (χ1) is 9.74. The maximum absolute atomic E-state index is 12.3. The van der Waals surface area contributed by atoms with Gasteiger partial charge >= 0.3 is 0 Å². The van der Waals surface area contributed by atoms with Crippen LogP contribution < -0.4 is 0 Å².